The maximum Gasteiger partial charge on any atom is 0.262 e. The molecule has 5 rings (SSSR count). The first-order valence-corrected chi connectivity index (χ1v) is 12.1. The number of oxazole rings is 1. The molecule has 1 aliphatic rings. The number of carbonyl (C=O) groups excluding carboxylic acids is 1. The minimum Gasteiger partial charge on any atom is -0.484 e. The summed E-state index contributed by atoms with van der Waals surface area (Å²) in [6, 6.07) is 19.2. The number of carbonyl (C=O) groups is 1. The molecule has 1 saturated carbocycles. The molecule has 4 aromatic rings. The van der Waals surface area contributed by atoms with Crippen molar-refractivity contribution in [3.8, 4) is 17.2 Å². The zero-order valence-corrected chi connectivity index (χ0v) is 19.9. The van der Waals surface area contributed by atoms with Crippen molar-refractivity contribution in [2.45, 2.75) is 44.9 Å². The standard InChI is InChI=1S/C28H27ClN2O3/c1-18-7-13-23(24(29)15-18)28-31-25-16-21(10-14-26(25)34-28)30-27(32)17-33-22-11-8-20(9-12-22)19-5-3-2-4-6-19/h7-16,19H,2-6,17H2,1H3,(H,30,32). The van der Waals surface area contributed by atoms with Gasteiger partial charge in [0.1, 0.15) is 11.3 Å². The molecule has 174 valence electrons. The average Bonchev–Trinajstić information content (AvgIpc) is 3.26. The number of ether oxygens (including phenoxy) is 1. The smallest absolute Gasteiger partial charge is 0.262 e. The summed E-state index contributed by atoms with van der Waals surface area (Å²) in [6.45, 7) is 1.91. The molecule has 1 amide bonds. The second-order valence-corrected chi connectivity index (χ2v) is 9.33. The molecule has 0 saturated heterocycles. The van der Waals surface area contributed by atoms with Crippen LogP contribution >= 0.6 is 11.6 Å². The summed E-state index contributed by atoms with van der Waals surface area (Å²) in [5.41, 5.74) is 5.06. The summed E-state index contributed by atoms with van der Waals surface area (Å²) < 4.78 is 11.6. The minimum absolute atomic E-state index is 0.0656. The van der Waals surface area contributed by atoms with Gasteiger partial charge in [-0.3, -0.25) is 4.79 Å². The molecule has 0 atom stereocenters. The van der Waals surface area contributed by atoms with E-state index in [1.165, 1.54) is 37.7 Å². The highest BCUT2D eigenvalue weighted by Gasteiger charge is 2.16. The maximum absolute atomic E-state index is 12.4. The van der Waals surface area contributed by atoms with Crippen molar-refractivity contribution in [2.75, 3.05) is 11.9 Å². The van der Waals surface area contributed by atoms with Gasteiger partial charge in [-0.05, 0) is 79.3 Å². The van der Waals surface area contributed by atoms with Gasteiger partial charge in [-0.1, -0.05) is 49.1 Å². The molecule has 3 aromatic carbocycles. The highest BCUT2D eigenvalue weighted by atomic mass is 35.5. The molecule has 1 aromatic heterocycles. The number of nitrogens with zero attached hydrogens (tertiary/aromatic N) is 1. The Morgan fingerprint density at radius 3 is 2.62 bits per heavy atom. The molecular weight excluding hydrogens is 448 g/mol. The Labute approximate surface area is 204 Å². The number of hydrogen-bond donors (Lipinski definition) is 1. The van der Waals surface area contributed by atoms with Gasteiger partial charge in [0.2, 0.25) is 5.89 Å². The lowest BCUT2D eigenvalue weighted by atomic mass is 9.84. The monoisotopic (exact) mass is 474 g/mol. The fourth-order valence-corrected chi connectivity index (χ4v) is 4.85. The molecule has 1 N–H and O–H groups in total. The van der Waals surface area contributed by atoms with Crippen LogP contribution in [0.2, 0.25) is 5.02 Å². The third-order valence-corrected chi connectivity index (χ3v) is 6.67. The van der Waals surface area contributed by atoms with Crippen molar-refractivity contribution in [3.63, 3.8) is 0 Å². The van der Waals surface area contributed by atoms with Gasteiger partial charge in [0.05, 0.1) is 10.6 Å². The van der Waals surface area contributed by atoms with Crippen LogP contribution < -0.4 is 10.1 Å². The number of aromatic nitrogens is 1. The molecule has 0 unspecified atom stereocenters. The van der Waals surface area contributed by atoms with Gasteiger partial charge in [0, 0.05) is 5.69 Å². The predicted octanol–water partition coefficient (Wildman–Crippen LogP) is 7.52. The van der Waals surface area contributed by atoms with E-state index in [-0.39, 0.29) is 12.5 Å². The van der Waals surface area contributed by atoms with Crippen molar-refractivity contribution >= 4 is 34.3 Å². The van der Waals surface area contributed by atoms with Crippen LogP contribution in [-0.4, -0.2) is 17.5 Å². The number of benzene rings is 3. The quantitative estimate of drug-likeness (QED) is 0.314. The van der Waals surface area contributed by atoms with Crippen molar-refractivity contribution in [3.05, 3.63) is 76.8 Å². The molecule has 6 heteroatoms. The number of halogens is 1. The van der Waals surface area contributed by atoms with Gasteiger partial charge in [-0.15, -0.1) is 0 Å². The molecule has 5 nitrogen and oxygen atoms in total. The summed E-state index contributed by atoms with van der Waals surface area (Å²) in [7, 11) is 0. The van der Waals surface area contributed by atoms with Gasteiger partial charge >= 0.3 is 0 Å². The van der Waals surface area contributed by atoms with Crippen LogP contribution in [-0.2, 0) is 4.79 Å². The molecule has 1 aliphatic carbocycles. The lowest BCUT2D eigenvalue weighted by molar-refractivity contribution is -0.118. The minimum atomic E-state index is -0.235. The van der Waals surface area contributed by atoms with E-state index >= 15 is 0 Å². The normalized spacial score (nSPS) is 14.3. The molecule has 34 heavy (non-hydrogen) atoms. The van der Waals surface area contributed by atoms with Gasteiger partial charge in [0.15, 0.2) is 12.2 Å². The van der Waals surface area contributed by atoms with Crippen LogP contribution in [0.15, 0.2) is 65.1 Å². The van der Waals surface area contributed by atoms with Crippen LogP contribution in [0.4, 0.5) is 5.69 Å². The Morgan fingerprint density at radius 2 is 1.85 bits per heavy atom. The lowest BCUT2D eigenvalue weighted by Crippen LogP contribution is -2.20. The number of nitrogens with one attached hydrogen (secondary N) is 1. The first-order chi connectivity index (χ1) is 16.5. The van der Waals surface area contributed by atoms with Crippen molar-refractivity contribution in [2.24, 2.45) is 0 Å². The summed E-state index contributed by atoms with van der Waals surface area (Å²) >= 11 is 6.35. The summed E-state index contributed by atoms with van der Waals surface area (Å²) in [4.78, 5) is 17.0. The SMILES string of the molecule is Cc1ccc(-c2nc3cc(NC(=O)COc4ccc(C5CCCCC5)cc4)ccc3o2)c(Cl)c1. The molecule has 1 fully saturated rings. The van der Waals surface area contributed by atoms with E-state index in [0.29, 0.717) is 39.4 Å². The first-order valence-electron chi connectivity index (χ1n) is 11.7. The number of amides is 1. The number of hydrogen-bond acceptors (Lipinski definition) is 4. The fraction of sp³-hybridized carbons (Fsp3) is 0.286. The largest absolute Gasteiger partial charge is 0.484 e. The van der Waals surface area contributed by atoms with Crippen LogP contribution in [0, 0.1) is 6.92 Å². The van der Waals surface area contributed by atoms with Gasteiger partial charge in [-0.25, -0.2) is 4.98 Å². The lowest BCUT2D eigenvalue weighted by Gasteiger charge is -2.22. The van der Waals surface area contributed by atoms with Crippen LogP contribution in [0.25, 0.3) is 22.6 Å². The number of fused-ring (bicyclic) bond motifs is 1. The maximum atomic E-state index is 12.4. The number of rotatable bonds is 6. The Balaban J connectivity index is 1.20. The van der Waals surface area contributed by atoms with E-state index in [1.807, 2.05) is 37.3 Å². The highest BCUT2D eigenvalue weighted by molar-refractivity contribution is 6.33. The van der Waals surface area contributed by atoms with Crippen LogP contribution in [0.3, 0.4) is 0 Å². The summed E-state index contributed by atoms with van der Waals surface area (Å²) in [5.74, 6) is 1.56. The first kappa shape index (κ1) is 22.5. The van der Waals surface area contributed by atoms with Gasteiger partial charge in [0.25, 0.3) is 5.91 Å². The third kappa shape index (κ3) is 5.10. The topological polar surface area (TPSA) is 64.4 Å². The van der Waals surface area contributed by atoms with E-state index in [9.17, 15) is 4.79 Å². The van der Waals surface area contributed by atoms with E-state index in [4.69, 9.17) is 20.8 Å². The zero-order chi connectivity index (χ0) is 23.5. The fourth-order valence-electron chi connectivity index (χ4n) is 4.53. The Bertz CT molecular complexity index is 1310. The van der Waals surface area contributed by atoms with Crippen molar-refractivity contribution in [1.29, 1.82) is 0 Å². The van der Waals surface area contributed by atoms with Crippen LogP contribution in [0.5, 0.6) is 5.75 Å². The molecule has 0 aliphatic heterocycles. The van der Waals surface area contributed by atoms with Gasteiger partial charge in [-0.2, -0.15) is 0 Å². The molecule has 1 heterocycles. The third-order valence-electron chi connectivity index (χ3n) is 6.35. The highest BCUT2D eigenvalue weighted by Crippen LogP contribution is 2.33. The molecule has 0 spiro atoms. The van der Waals surface area contributed by atoms with Crippen LogP contribution in [0.1, 0.15) is 49.1 Å². The molecule has 0 bridgehead atoms. The van der Waals surface area contributed by atoms with E-state index in [1.54, 1.807) is 18.2 Å². The second kappa shape index (κ2) is 9.90. The van der Waals surface area contributed by atoms with Gasteiger partial charge < -0.3 is 14.5 Å². The molecular formula is C28H27ClN2O3. The Kier molecular flexibility index (Phi) is 6.54. The van der Waals surface area contributed by atoms with E-state index in [0.717, 1.165) is 11.1 Å². The number of aryl methyl sites for hydroxylation is 1. The number of anilines is 1. The predicted molar refractivity (Wildman–Crippen MR) is 136 cm³/mol. The average molecular weight is 475 g/mol. The summed E-state index contributed by atoms with van der Waals surface area (Å²) in [5, 5.41) is 3.45. The Hall–Kier alpha value is -3.31. The van der Waals surface area contributed by atoms with E-state index in [2.05, 4.69) is 22.4 Å². The van der Waals surface area contributed by atoms with E-state index < -0.39 is 0 Å². The van der Waals surface area contributed by atoms with Crippen molar-refractivity contribution in [1.82, 2.24) is 4.98 Å². The summed E-state index contributed by atoms with van der Waals surface area (Å²) in [6.07, 6.45) is 6.49. The second-order valence-electron chi connectivity index (χ2n) is 8.93. The zero-order valence-electron chi connectivity index (χ0n) is 19.1. The molecule has 0 radical (unpaired) electrons. The van der Waals surface area contributed by atoms with Crippen molar-refractivity contribution < 1.29 is 13.9 Å². The Morgan fingerprint density at radius 1 is 1.06 bits per heavy atom.